The van der Waals surface area contributed by atoms with E-state index >= 15 is 0 Å². The van der Waals surface area contributed by atoms with Crippen LogP contribution in [-0.2, 0) is 24.1 Å². The molecular formula is C22H20ClN3O4S2. The third kappa shape index (κ3) is 4.23. The van der Waals surface area contributed by atoms with E-state index in [1.54, 1.807) is 27.3 Å². The van der Waals surface area contributed by atoms with E-state index in [0.29, 0.717) is 26.6 Å². The molecule has 0 aliphatic carbocycles. The number of aromatic nitrogens is 2. The van der Waals surface area contributed by atoms with E-state index in [-0.39, 0.29) is 10.6 Å². The molecule has 0 unspecified atom stereocenters. The number of nitrogens with one attached hydrogen (secondary N) is 1. The molecule has 32 heavy (non-hydrogen) atoms. The highest BCUT2D eigenvalue weighted by atomic mass is 35.5. The number of sulfonamides is 1. The van der Waals surface area contributed by atoms with Crippen LogP contribution >= 0.6 is 23.4 Å². The molecule has 0 saturated heterocycles. The molecule has 0 spiro atoms. The van der Waals surface area contributed by atoms with E-state index in [4.69, 9.17) is 16.3 Å². The number of aryl methyl sites for hydroxylation is 2. The molecule has 0 aliphatic rings. The van der Waals surface area contributed by atoms with Crippen LogP contribution in [0.3, 0.4) is 0 Å². The zero-order valence-corrected chi connectivity index (χ0v) is 19.9. The van der Waals surface area contributed by atoms with Crippen LogP contribution in [0, 0.1) is 0 Å². The van der Waals surface area contributed by atoms with Gasteiger partial charge >= 0.3 is 5.69 Å². The summed E-state index contributed by atoms with van der Waals surface area (Å²) >= 11 is 7.28. The van der Waals surface area contributed by atoms with Crippen molar-refractivity contribution in [2.45, 2.75) is 14.7 Å². The molecule has 10 heteroatoms. The number of ether oxygens (including phenoxy) is 1. The minimum absolute atomic E-state index is 0.0874. The van der Waals surface area contributed by atoms with Crippen molar-refractivity contribution >= 4 is 50.1 Å². The second-order valence-electron chi connectivity index (χ2n) is 7.07. The molecule has 0 saturated carbocycles. The average Bonchev–Trinajstić information content (AvgIpc) is 2.98. The van der Waals surface area contributed by atoms with Gasteiger partial charge in [0.15, 0.2) is 0 Å². The fraction of sp³-hybridized carbons (Fsp3) is 0.136. The number of hydrogen-bond donors (Lipinski definition) is 1. The fourth-order valence-electron chi connectivity index (χ4n) is 3.28. The highest BCUT2D eigenvalue weighted by Gasteiger charge is 2.19. The van der Waals surface area contributed by atoms with E-state index in [2.05, 4.69) is 4.72 Å². The highest BCUT2D eigenvalue weighted by molar-refractivity contribution is 7.99. The van der Waals surface area contributed by atoms with E-state index in [1.165, 1.54) is 45.2 Å². The molecule has 0 aliphatic heterocycles. The molecule has 166 valence electrons. The normalized spacial score (nSPS) is 11.6. The molecule has 0 bridgehead atoms. The van der Waals surface area contributed by atoms with Gasteiger partial charge in [-0.15, -0.1) is 0 Å². The Kier molecular flexibility index (Phi) is 5.98. The number of benzene rings is 3. The summed E-state index contributed by atoms with van der Waals surface area (Å²) in [4.78, 5) is 14.1. The third-order valence-electron chi connectivity index (χ3n) is 5.03. The molecule has 1 aromatic heterocycles. The van der Waals surface area contributed by atoms with Gasteiger partial charge in [0.05, 0.1) is 28.7 Å². The zero-order chi connectivity index (χ0) is 23.0. The van der Waals surface area contributed by atoms with Crippen molar-refractivity contribution in [3.8, 4) is 5.75 Å². The first kappa shape index (κ1) is 22.3. The van der Waals surface area contributed by atoms with Crippen molar-refractivity contribution in [1.29, 1.82) is 0 Å². The van der Waals surface area contributed by atoms with Gasteiger partial charge in [-0.2, -0.15) is 0 Å². The minimum atomic E-state index is -3.88. The first-order valence-electron chi connectivity index (χ1n) is 9.49. The fourth-order valence-corrected chi connectivity index (χ4v) is 5.46. The Labute approximate surface area is 194 Å². The molecule has 1 N–H and O–H groups in total. The summed E-state index contributed by atoms with van der Waals surface area (Å²) in [6.45, 7) is 0. The van der Waals surface area contributed by atoms with Crippen molar-refractivity contribution < 1.29 is 13.2 Å². The smallest absolute Gasteiger partial charge is 0.328 e. The first-order valence-corrected chi connectivity index (χ1v) is 12.2. The van der Waals surface area contributed by atoms with Gasteiger partial charge in [-0.25, -0.2) is 13.2 Å². The number of halogens is 1. The molecule has 3 aromatic carbocycles. The van der Waals surface area contributed by atoms with E-state index < -0.39 is 10.0 Å². The lowest BCUT2D eigenvalue weighted by Crippen LogP contribution is -2.19. The van der Waals surface area contributed by atoms with Gasteiger partial charge in [0, 0.05) is 28.9 Å². The summed E-state index contributed by atoms with van der Waals surface area (Å²) < 4.78 is 37.0. The van der Waals surface area contributed by atoms with Gasteiger partial charge in [0.1, 0.15) is 5.75 Å². The van der Waals surface area contributed by atoms with Crippen molar-refractivity contribution in [1.82, 2.24) is 9.13 Å². The van der Waals surface area contributed by atoms with E-state index in [9.17, 15) is 13.2 Å². The maximum absolute atomic E-state index is 13.0. The lowest BCUT2D eigenvalue weighted by Gasteiger charge is -2.14. The SMILES string of the molecule is COc1ccc(Sc2cc3c(cc2NS(=O)(=O)c2ccc(Cl)cc2)n(C)c(=O)n3C)cc1. The quantitative estimate of drug-likeness (QED) is 0.431. The highest BCUT2D eigenvalue weighted by Crippen LogP contribution is 2.37. The van der Waals surface area contributed by atoms with Gasteiger partial charge in [0.25, 0.3) is 10.0 Å². The van der Waals surface area contributed by atoms with Crippen LogP contribution in [0.25, 0.3) is 11.0 Å². The number of anilines is 1. The van der Waals surface area contributed by atoms with Crippen molar-refractivity contribution in [2.75, 3.05) is 11.8 Å². The van der Waals surface area contributed by atoms with Crippen LogP contribution in [0.2, 0.25) is 5.02 Å². The average molecular weight is 490 g/mol. The maximum Gasteiger partial charge on any atom is 0.328 e. The lowest BCUT2D eigenvalue weighted by molar-refractivity contribution is 0.414. The van der Waals surface area contributed by atoms with Gasteiger partial charge in [-0.3, -0.25) is 13.9 Å². The topological polar surface area (TPSA) is 82.3 Å². The Morgan fingerprint density at radius 1 is 0.938 bits per heavy atom. The van der Waals surface area contributed by atoms with Crippen molar-refractivity contribution in [3.63, 3.8) is 0 Å². The Morgan fingerprint density at radius 2 is 1.53 bits per heavy atom. The molecule has 4 aromatic rings. The number of hydrogen-bond acceptors (Lipinski definition) is 5. The Balaban J connectivity index is 1.82. The molecular weight excluding hydrogens is 470 g/mol. The molecule has 0 fully saturated rings. The standard InChI is InChI=1S/C22H20ClN3O4S2/c1-25-19-12-18(24-32(28,29)17-10-4-14(23)5-11-17)21(13-20(19)26(2)22(25)27)31-16-8-6-15(30-3)7-9-16/h4-13,24H,1-3H3. The zero-order valence-electron chi connectivity index (χ0n) is 17.5. The van der Waals surface area contributed by atoms with Crippen LogP contribution in [0.4, 0.5) is 5.69 Å². The van der Waals surface area contributed by atoms with Gasteiger partial charge < -0.3 is 4.74 Å². The first-order chi connectivity index (χ1) is 15.2. The second kappa shape index (κ2) is 8.57. The largest absolute Gasteiger partial charge is 0.497 e. The van der Waals surface area contributed by atoms with Crippen LogP contribution < -0.4 is 15.1 Å². The summed E-state index contributed by atoms with van der Waals surface area (Å²) in [5.74, 6) is 0.721. The van der Waals surface area contributed by atoms with Gasteiger partial charge in [-0.1, -0.05) is 23.4 Å². The van der Waals surface area contributed by atoms with Crippen molar-refractivity contribution in [2.24, 2.45) is 14.1 Å². The van der Waals surface area contributed by atoms with Crippen molar-refractivity contribution in [3.05, 3.63) is 76.2 Å². The third-order valence-corrected chi connectivity index (χ3v) is 7.73. The predicted molar refractivity (Wildman–Crippen MR) is 128 cm³/mol. The predicted octanol–water partition coefficient (Wildman–Crippen LogP) is 4.49. The van der Waals surface area contributed by atoms with Crippen LogP contribution in [0.15, 0.2) is 80.1 Å². The second-order valence-corrected chi connectivity index (χ2v) is 10.3. The molecule has 1 heterocycles. The van der Waals surface area contributed by atoms with E-state index in [1.807, 2.05) is 30.3 Å². The summed E-state index contributed by atoms with van der Waals surface area (Å²) in [7, 11) is 1.05. The number of nitrogens with zero attached hydrogens (tertiary/aromatic N) is 2. The molecule has 0 radical (unpaired) electrons. The summed E-state index contributed by atoms with van der Waals surface area (Å²) in [5, 5.41) is 0.445. The Bertz CT molecular complexity index is 1460. The number of methoxy groups -OCH3 is 1. The van der Waals surface area contributed by atoms with Crippen LogP contribution in [0.5, 0.6) is 5.75 Å². The molecule has 0 amide bonds. The minimum Gasteiger partial charge on any atom is -0.497 e. The lowest BCUT2D eigenvalue weighted by atomic mass is 10.3. The Morgan fingerprint density at radius 3 is 2.12 bits per heavy atom. The van der Waals surface area contributed by atoms with Crippen LogP contribution in [-0.4, -0.2) is 24.7 Å². The summed E-state index contributed by atoms with van der Waals surface area (Å²) in [5.41, 5.74) is 1.49. The van der Waals surface area contributed by atoms with Crippen LogP contribution in [0.1, 0.15) is 0 Å². The number of imidazole rings is 1. The molecule has 7 nitrogen and oxygen atoms in total. The monoisotopic (exact) mass is 489 g/mol. The summed E-state index contributed by atoms with van der Waals surface area (Å²) in [6.07, 6.45) is 0. The molecule has 4 rings (SSSR count). The van der Waals surface area contributed by atoms with Gasteiger partial charge in [0.2, 0.25) is 0 Å². The Hall–Kier alpha value is -2.88. The maximum atomic E-state index is 13.0. The van der Waals surface area contributed by atoms with Gasteiger partial charge in [-0.05, 0) is 60.7 Å². The number of rotatable bonds is 6. The molecule has 0 atom stereocenters. The summed E-state index contributed by atoms with van der Waals surface area (Å²) in [6, 6.07) is 16.8. The number of fused-ring (bicyclic) bond motifs is 1. The van der Waals surface area contributed by atoms with E-state index in [0.717, 1.165) is 10.6 Å².